The third kappa shape index (κ3) is 2.13. The number of nitrogens with one attached hydrogen (secondary N) is 1. The Balaban J connectivity index is 3.15. The average Bonchev–Trinajstić information content (AvgIpc) is 2.01. The maximum Gasteiger partial charge on any atom is 0.339 e. The number of aromatic carboxylic acids is 1. The molecule has 0 aliphatic rings. The van der Waals surface area contributed by atoms with Crippen LogP contribution in [0.15, 0.2) is 18.2 Å². The number of aromatic hydroxyl groups is 1. The van der Waals surface area contributed by atoms with Crippen molar-refractivity contribution in [2.24, 2.45) is 5.73 Å². The highest BCUT2D eigenvalue weighted by Gasteiger charge is 2.12. The maximum atomic E-state index is 10.6. The van der Waals surface area contributed by atoms with Crippen LogP contribution in [-0.2, 0) is 0 Å². The molecule has 0 spiro atoms. The van der Waals surface area contributed by atoms with Crippen molar-refractivity contribution in [3.63, 3.8) is 0 Å². The Hall–Kier alpha value is -2.24. The molecule has 0 fully saturated rings. The number of carboxylic acids is 1. The molecule has 74 valence electrons. The van der Waals surface area contributed by atoms with E-state index in [1.165, 1.54) is 6.07 Å². The third-order valence-corrected chi connectivity index (χ3v) is 1.42. The predicted octanol–water partition coefficient (Wildman–Crippen LogP) is 0.363. The standard InChI is InChI=1S/C8H8N2O4/c9-8(10)14-6-3-4(11)1-2-5(6)7(12)13/h1-3,11H,(H3,9,10)(H,12,13). The fraction of sp³-hybridized carbons (Fsp3) is 0. The van der Waals surface area contributed by atoms with Gasteiger partial charge in [-0.3, -0.25) is 5.41 Å². The van der Waals surface area contributed by atoms with Gasteiger partial charge < -0.3 is 20.7 Å². The molecule has 0 aliphatic heterocycles. The van der Waals surface area contributed by atoms with Crippen LogP contribution in [0, 0.1) is 5.41 Å². The first-order valence-corrected chi connectivity index (χ1v) is 3.59. The van der Waals surface area contributed by atoms with Crippen molar-refractivity contribution in [3.05, 3.63) is 23.8 Å². The van der Waals surface area contributed by atoms with Gasteiger partial charge in [-0.25, -0.2) is 4.79 Å². The van der Waals surface area contributed by atoms with Gasteiger partial charge in [-0.2, -0.15) is 0 Å². The van der Waals surface area contributed by atoms with Crippen LogP contribution in [0.5, 0.6) is 11.5 Å². The highest BCUT2D eigenvalue weighted by molar-refractivity contribution is 5.92. The van der Waals surface area contributed by atoms with E-state index < -0.39 is 12.0 Å². The molecule has 0 amide bonds. The number of amidine groups is 1. The third-order valence-electron chi connectivity index (χ3n) is 1.42. The predicted molar refractivity (Wildman–Crippen MR) is 47.6 cm³/mol. The molecule has 1 aromatic carbocycles. The van der Waals surface area contributed by atoms with E-state index in [-0.39, 0.29) is 17.1 Å². The molecule has 0 aromatic heterocycles. The molecular formula is C8H8N2O4. The molecule has 1 rings (SSSR count). The number of carbonyl (C=O) groups is 1. The lowest BCUT2D eigenvalue weighted by atomic mass is 10.2. The Morgan fingerprint density at radius 1 is 1.50 bits per heavy atom. The molecular weight excluding hydrogens is 188 g/mol. The number of ether oxygens (including phenoxy) is 1. The Morgan fingerprint density at radius 3 is 2.64 bits per heavy atom. The monoisotopic (exact) mass is 196 g/mol. The minimum Gasteiger partial charge on any atom is -0.508 e. The molecule has 0 saturated carbocycles. The lowest BCUT2D eigenvalue weighted by molar-refractivity contribution is 0.0694. The summed E-state index contributed by atoms with van der Waals surface area (Å²) in [6, 6.07) is 2.80. The quantitative estimate of drug-likeness (QED) is 0.402. The summed E-state index contributed by atoms with van der Waals surface area (Å²) in [5, 5.41) is 24.6. The lowest BCUT2D eigenvalue weighted by Crippen LogP contribution is -2.19. The average molecular weight is 196 g/mol. The van der Waals surface area contributed by atoms with Gasteiger partial charge in [-0.15, -0.1) is 0 Å². The van der Waals surface area contributed by atoms with Crippen molar-refractivity contribution in [2.75, 3.05) is 0 Å². The zero-order chi connectivity index (χ0) is 10.7. The summed E-state index contributed by atoms with van der Waals surface area (Å²) >= 11 is 0. The zero-order valence-corrected chi connectivity index (χ0v) is 7.02. The molecule has 0 heterocycles. The van der Waals surface area contributed by atoms with Crippen LogP contribution in [0.2, 0.25) is 0 Å². The SMILES string of the molecule is N=C(N)Oc1cc(O)ccc1C(=O)O. The summed E-state index contributed by atoms with van der Waals surface area (Å²) in [5.74, 6) is -1.54. The van der Waals surface area contributed by atoms with Gasteiger partial charge in [0.15, 0.2) is 0 Å². The first kappa shape index (κ1) is 9.85. The maximum absolute atomic E-state index is 10.6. The fourth-order valence-corrected chi connectivity index (χ4v) is 0.891. The molecule has 5 N–H and O–H groups in total. The molecule has 0 atom stereocenters. The number of nitrogens with two attached hydrogens (primary N) is 1. The first-order chi connectivity index (χ1) is 6.50. The van der Waals surface area contributed by atoms with Crippen molar-refractivity contribution < 1.29 is 19.7 Å². The summed E-state index contributed by atoms with van der Waals surface area (Å²) in [6.07, 6.45) is 0. The van der Waals surface area contributed by atoms with Crippen molar-refractivity contribution in [1.82, 2.24) is 0 Å². The van der Waals surface area contributed by atoms with Crippen LogP contribution in [-0.4, -0.2) is 22.2 Å². The van der Waals surface area contributed by atoms with Crippen LogP contribution in [0.25, 0.3) is 0 Å². The summed E-state index contributed by atoms with van der Waals surface area (Å²) in [7, 11) is 0. The van der Waals surface area contributed by atoms with E-state index in [9.17, 15) is 4.79 Å². The fourth-order valence-electron chi connectivity index (χ4n) is 0.891. The van der Waals surface area contributed by atoms with Crippen molar-refractivity contribution in [2.45, 2.75) is 0 Å². The van der Waals surface area contributed by atoms with Crippen molar-refractivity contribution in [3.8, 4) is 11.5 Å². The highest BCUT2D eigenvalue weighted by atomic mass is 16.5. The van der Waals surface area contributed by atoms with Gasteiger partial charge in [0, 0.05) is 6.07 Å². The smallest absolute Gasteiger partial charge is 0.339 e. The molecule has 6 heteroatoms. The number of phenols is 1. The molecule has 0 bridgehead atoms. The number of rotatable bonds is 2. The molecule has 1 aromatic rings. The Labute approximate surface area is 79.1 Å². The molecule has 0 saturated heterocycles. The minimum absolute atomic E-state index is 0.161. The second-order valence-corrected chi connectivity index (χ2v) is 2.45. The number of hydrogen-bond donors (Lipinski definition) is 4. The number of carboxylic acid groups (broad SMARTS) is 1. The molecule has 0 unspecified atom stereocenters. The van der Waals surface area contributed by atoms with Crippen LogP contribution < -0.4 is 10.5 Å². The zero-order valence-electron chi connectivity index (χ0n) is 7.02. The summed E-state index contributed by atoms with van der Waals surface area (Å²) in [4.78, 5) is 10.6. The van der Waals surface area contributed by atoms with Crippen LogP contribution in [0.4, 0.5) is 0 Å². The van der Waals surface area contributed by atoms with E-state index in [0.717, 1.165) is 12.1 Å². The summed E-state index contributed by atoms with van der Waals surface area (Å²) in [6.45, 7) is 0. The number of hydrogen-bond acceptors (Lipinski definition) is 4. The van der Waals surface area contributed by atoms with Crippen molar-refractivity contribution in [1.29, 1.82) is 5.41 Å². The van der Waals surface area contributed by atoms with Crippen LogP contribution in [0.3, 0.4) is 0 Å². The van der Waals surface area contributed by atoms with E-state index >= 15 is 0 Å². The summed E-state index contributed by atoms with van der Waals surface area (Å²) < 4.78 is 4.61. The minimum atomic E-state index is -1.22. The van der Waals surface area contributed by atoms with Gasteiger partial charge in [-0.05, 0) is 12.1 Å². The topological polar surface area (TPSA) is 117 Å². The van der Waals surface area contributed by atoms with Crippen molar-refractivity contribution >= 4 is 12.0 Å². The van der Waals surface area contributed by atoms with Crippen LogP contribution >= 0.6 is 0 Å². The molecule has 0 aliphatic carbocycles. The van der Waals surface area contributed by atoms with E-state index in [1.807, 2.05) is 0 Å². The van der Waals surface area contributed by atoms with E-state index in [4.69, 9.17) is 21.4 Å². The van der Waals surface area contributed by atoms with Crippen LogP contribution in [0.1, 0.15) is 10.4 Å². The van der Waals surface area contributed by atoms with Gasteiger partial charge >= 0.3 is 5.97 Å². The molecule has 0 radical (unpaired) electrons. The number of phenolic OH excluding ortho intramolecular Hbond substituents is 1. The Kier molecular flexibility index (Phi) is 2.57. The normalized spacial score (nSPS) is 9.43. The van der Waals surface area contributed by atoms with Gasteiger partial charge in [-0.1, -0.05) is 0 Å². The second-order valence-electron chi connectivity index (χ2n) is 2.45. The summed E-state index contributed by atoms with van der Waals surface area (Å²) in [5.41, 5.74) is 4.76. The van der Waals surface area contributed by atoms with E-state index in [2.05, 4.69) is 4.74 Å². The van der Waals surface area contributed by atoms with Gasteiger partial charge in [0.2, 0.25) is 0 Å². The lowest BCUT2D eigenvalue weighted by Gasteiger charge is -2.06. The van der Waals surface area contributed by atoms with E-state index in [0.29, 0.717) is 0 Å². The number of benzene rings is 1. The Morgan fingerprint density at radius 2 is 2.14 bits per heavy atom. The first-order valence-electron chi connectivity index (χ1n) is 3.59. The van der Waals surface area contributed by atoms with Gasteiger partial charge in [0.05, 0.1) is 0 Å². The van der Waals surface area contributed by atoms with Gasteiger partial charge in [0.25, 0.3) is 6.02 Å². The second kappa shape index (κ2) is 3.65. The Bertz CT molecular complexity index is 389. The molecule has 6 nitrogen and oxygen atoms in total. The highest BCUT2D eigenvalue weighted by Crippen LogP contribution is 2.23. The van der Waals surface area contributed by atoms with E-state index in [1.54, 1.807) is 0 Å². The molecule has 14 heavy (non-hydrogen) atoms. The largest absolute Gasteiger partial charge is 0.508 e. The van der Waals surface area contributed by atoms with Gasteiger partial charge in [0.1, 0.15) is 17.1 Å².